The number of anilines is 2. The molecule has 2 N–H and O–H groups in total. The molecule has 0 bridgehead atoms. The summed E-state index contributed by atoms with van der Waals surface area (Å²) in [4.78, 5) is 14.5. The minimum Gasteiger partial charge on any atom is -0.368 e. The van der Waals surface area contributed by atoms with E-state index in [1.54, 1.807) is 0 Å². The maximum absolute atomic E-state index is 12.7. The SMILES string of the molecule is Cc1ccc(N2CC[C@H](Sc3nnc(N)n3C(C)C)C2=O)cc1. The number of benzene rings is 1. The van der Waals surface area contributed by atoms with Crippen molar-refractivity contribution in [1.82, 2.24) is 14.8 Å². The van der Waals surface area contributed by atoms with Crippen LogP contribution in [0.5, 0.6) is 0 Å². The average molecular weight is 331 g/mol. The summed E-state index contributed by atoms with van der Waals surface area (Å²) in [6.45, 7) is 6.82. The Labute approximate surface area is 140 Å². The van der Waals surface area contributed by atoms with Gasteiger partial charge in [0.05, 0.1) is 5.25 Å². The summed E-state index contributed by atoms with van der Waals surface area (Å²) in [6.07, 6.45) is 0.794. The van der Waals surface area contributed by atoms with Gasteiger partial charge in [0, 0.05) is 18.3 Å². The maximum atomic E-state index is 12.7. The third-order valence-corrected chi connectivity index (χ3v) is 5.17. The van der Waals surface area contributed by atoms with Crippen molar-refractivity contribution in [2.45, 2.75) is 43.6 Å². The zero-order valence-corrected chi connectivity index (χ0v) is 14.4. The number of nitrogens with zero attached hydrogens (tertiary/aromatic N) is 4. The standard InChI is InChI=1S/C16H21N5OS/c1-10(2)21-15(17)18-19-16(21)23-13-8-9-20(14(13)22)12-6-4-11(3)5-7-12/h4-7,10,13H,8-9H2,1-3H3,(H2,17,18)/t13-/m0/s1. The van der Waals surface area contributed by atoms with Crippen LogP contribution in [0.4, 0.5) is 11.6 Å². The molecule has 0 radical (unpaired) electrons. The average Bonchev–Trinajstić information content (AvgIpc) is 3.05. The Morgan fingerprint density at radius 2 is 1.96 bits per heavy atom. The Balaban J connectivity index is 1.76. The molecule has 1 aromatic carbocycles. The Morgan fingerprint density at radius 3 is 2.61 bits per heavy atom. The van der Waals surface area contributed by atoms with Gasteiger partial charge in [-0.3, -0.25) is 9.36 Å². The molecule has 0 aliphatic carbocycles. The van der Waals surface area contributed by atoms with Crippen LogP contribution in [0.2, 0.25) is 0 Å². The number of hydrogen-bond acceptors (Lipinski definition) is 5. The van der Waals surface area contributed by atoms with Crippen LogP contribution in [-0.2, 0) is 4.79 Å². The van der Waals surface area contributed by atoms with Gasteiger partial charge in [-0.15, -0.1) is 10.2 Å². The lowest BCUT2D eigenvalue weighted by Gasteiger charge is -2.17. The molecule has 3 rings (SSSR count). The molecular formula is C16H21N5OS. The van der Waals surface area contributed by atoms with Crippen LogP contribution in [0, 0.1) is 6.92 Å². The molecule has 6 nitrogen and oxygen atoms in total. The van der Waals surface area contributed by atoms with E-state index in [0.29, 0.717) is 11.1 Å². The van der Waals surface area contributed by atoms with E-state index in [-0.39, 0.29) is 17.2 Å². The first-order valence-corrected chi connectivity index (χ1v) is 8.60. The van der Waals surface area contributed by atoms with Crippen molar-refractivity contribution in [1.29, 1.82) is 0 Å². The van der Waals surface area contributed by atoms with Crippen molar-refractivity contribution < 1.29 is 4.79 Å². The van der Waals surface area contributed by atoms with Gasteiger partial charge in [0.2, 0.25) is 11.9 Å². The van der Waals surface area contributed by atoms with Crippen LogP contribution in [0.3, 0.4) is 0 Å². The summed E-state index contributed by atoms with van der Waals surface area (Å²) < 4.78 is 1.87. The first kappa shape index (κ1) is 15.9. The largest absolute Gasteiger partial charge is 0.368 e. The van der Waals surface area contributed by atoms with Crippen molar-refractivity contribution >= 4 is 29.3 Å². The van der Waals surface area contributed by atoms with Gasteiger partial charge in [0.15, 0.2) is 5.16 Å². The van der Waals surface area contributed by atoms with Gasteiger partial charge in [0.1, 0.15) is 0 Å². The molecular weight excluding hydrogens is 310 g/mol. The molecule has 2 heterocycles. The second kappa shape index (κ2) is 6.23. The molecule has 1 amide bonds. The Morgan fingerprint density at radius 1 is 1.26 bits per heavy atom. The molecule has 0 unspecified atom stereocenters. The Kier molecular flexibility index (Phi) is 4.30. The molecule has 2 aromatic rings. The summed E-state index contributed by atoms with van der Waals surface area (Å²) in [5, 5.41) is 8.63. The van der Waals surface area contributed by atoms with Crippen LogP contribution in [-0.4, -0.2) is 32.5 Å². The Bertz CT molecular complexity index is 710. The number of carbonyl (C=O) groups excluding carboxylic acids is 1. The first-order chi connectivity index (χ1) is 11.0. The number of hydrogen-bond donors (Lipinski definition) is 1. The van der Waals surface area contributed by atoms with E-state index in [4.69, 9.17) is 5.73 Å². The highest BCUT2D eigenvalue weighted by Crippen LogP contribution is 2.34. The van der Waals surface area contributed by atoms with Gasteiger partial charge in [-0.05, 0) is 39.3 Å². The van der Waals surface area contributed by atoms with E-state index >= 15 is 0 Å². The van der Waals surface area contributed by atoms with E-state index in [0.717, 1.165) is 18.7 Å². The van der Waals surface area contributed by atoms with Crippen molar-refractivity contribution in [3.63, 3.8) is 0 Å². The van der Waals surface area contributed by atoms with Gasteiger partial charge in [-0.25, -0.2) is 0 Å². The fourth-order valence-corrected chi connectivity index (χ4v) is 3.94. The number of aromatic nitrogens is 3. The highest BCUT2D eigenvalue weighted by Gasteiger charge is 2.34. The van der Waals surface area contributed by atoms with E-state index in [1.165, 1.54) is 17.3 Å². The molecule has 1 saturated heterocycles. The fraction of sp³-hybridized carbons (Fsp3) is 0.438. The number of nitrogens with two attached hydrogens (primary N) is 1. The number of carbonyl (C=O) groups is 1. The monoisotopic (exact) mass is 331 g/mol. The highest BCUT2D eigenvalue weighted by molar-refractivity contribution is 8.00. The normalized spacial score (nSPS) is 18.2. The van der Waals surface area contributed by atoms with Crippen LogP contribution in [0.15, 0.2) is 29.4 Å². The third-order valence-electron chi connectivity index (χ3n) is 3.96. The number of nitrogen functional groups attached to an aromatic ring is 1. The van der Waals surface area contributed by atoms with Crippen LogP contribution in [0.25, 0.3) is 0 Å². The quantitative estimate of drug-likeness (QED) is 0.932. The molecule has 122 valence electrons. The minimum absolute atomic E-state index is 0.121. The number of thioether (sulfide) groups is 1. The molecule has 7 heteroatoms. The van der Waals surface area contributed by atoms with Crippen LogP contribution in [0.1, 0.15) is 31.9 Å². The molecule has 1 atom stereocenters. The summed E-state index contributed by atoms with van der Waals surface area (Å²) in [7, 11) is 0. The van der Waals surface area contributed by atoms with E-state index in [2.05, 4.69) is 10.2 Å². The second-order valence-electron chi connectivity index (χ2n) is 6.03. The third kappa shape index (κ3) is 3.06. The molecule has 1 fully saturated rings. The zero-order valence-electron chi connectivity index (χ0n) is 13.6. The molecule has 23 heavy (non-hydrogen) atoms. The fourth-order valence-electron chi connectivity index (χ4n) is 2.73. The van der Waals surface area contributed by atoms with Crippen molar-refractivity contribution in [3.8, 4) is 0 Å². The minimum atomic E-state index is -0.141. The van der Waals surface area contributed by atoms with Crippen LogP contribution >= 0.6 is 11.8 Å². The van der Waals surface area contributed by atoms with Gasteiger partial charge >= 0.3 is 0 Å². The summed E-state index contributed by atoms with van der Waals surface area (Å²) in [6, 6.07) is 8.21. The summed E-state index contributed by atoms with van der Waals surface area (Å²) >= 11 is 1.45. The van der Waals surface area contributed by atoms with Crippen LogP contribution < -0.4 is 10.6 Å². The maximum Gasteiger partial charge on any atom is 0.240 e. The van der Waals surface area contributed by atoms with Gasteiger partial charge in [-0.1, -0.05) is 29.5 Å². The van der Waals surface area contributed by atoms with Crippen molar-refractivity contribution in [2.24, 2.45) is 0 Å². The predicted molar refractivity (Wildman–Crippen MR) is 92.6 cm³/mol. The van der Waals surface area contributed by atoms with Gasteiger partial charge in [-0.2, -0.15) is 0 Å². The first-order valence-electron chi connectivity index (χ1n) is 7.72. The predicted octanol–water partition coefficient (Wildman–Crippen LogP) is 2.65. The lowest BCUT2D eigenvalue weighted by molar-refractivity contribution is -0.116. The lowest BCUT2D eigenvalue weighted by atomic mass is 10.2. The smallest absolute Gasteiger partial charge is 0.240 e. The number of amides is 1. The highest BCUT2D eigenvalue weighted by atomic mass is 32.2. The summed E-state index contributed by atoms with van der Waals surface area (Å²) in [5.74, 6) is 0.513. The van der Waals surface area contributed by atoms with E-state index in [9.17, 15) is 4.79 Å². The number of aryl methyl sites for hydroxylation is 1. The van der Waals surface area contributed by atoms with Crippen molar-refractivity contribution in [3.05, 3.63) is 29.8 Å². The second-order valence-corrected chi connectivity index (χ2v) is 7.20. The lowest BCUT2D eigenvalue weighted by Crippen LogP contribution is -2.28. The molecule has 0 spiro atoms. The number of rotatable bonds is 4. The summed E-state index contributed by atoms with van der Waals surface area (Å²) in [5.41, 5.74) is 8.00. The molecule has 1 aliphatic heterocycles. The Hall–Kier alpha value is -2.02. The van der Waals surface area contributed by atoms with E-state index in [1.807, 2.05) is 54.5 Å². The molecule has 1 aromatic heterocycles. The van der Waals surface area contributed by atoms with E-state index < -0.39 is 0 Å². The molecule has 1 aliphatic rings. The van der Waals surface area contributed by atoms with Gasteiger partial charge < -0.3 is 10.6 Å². The van der Waals surface area contributed by atoms with Crippen molar-refractivity contribution in [2.75, 3.05) is 17.2 Å². The van der Waals surface area contributed by atoms with Gasteiger partial charge in [0.25, 0.3) is 0 Å². The molecule has 0 saturated carbocycles. The topological polar surface area (TPSA) is 77.0 Å². The zero-order chi connectivity index (χ0) is 16.6.